The molecule has 0 bridgehead atoms. The third-order valence-electron chi connectivity index (χ3n) is 2.43. The lowest BCUT2D eigenvalue weighted by Gasteiger charge is -2.25. The van der Waals surface area contributed by atoms with E-state index in [1.165, 1.54) is 0 Å². The van der Waals surface area contributed by atoms with Crippen molar-refractivity contribution in [1.29, 1.82) is 0 Å². The van der Waals surface area contributed by atoms with Crippen molar-refractivity contribution < 1.29 is 9.47 Å². The molecule has 0 spiro atoms. The number of rotatable bonds is 3. The maximum Gasteiger partial charge on any atom is 0.253 e. The molecule has 17 heavy (non-hydrogen) atoms. The third-order valence-corrected chi connectivity index (χ3v) is 3.49. The van der Waals surface area contributed by atoms with Gasteiger partial charge in [0.25, 0.3) is 11.8 Å². The predicted octanol–water partition coefficient (Wildman–Crippen LogP) is 3.60. The lowest BCUT2D eigenvalue weighted by atomic mass is 10.1. The number of anilines is 2. The highest BCUT2D eigenvalue weighted by Gasteiger charge is 2.21. The molecule has 1 aromatic carbocycles. The van der Waals surface area contributed by atoms with Crippen molar-refractivity contribution in [3.8, 4) is 0 Å². The number of halogens is 2. The molecule has 2 rings (SSSR count). The van der Waals surface area contributed by atoms with E-state index in [0.717, 1.165) is 26.7 Å². The first-order valence-electron chi connectivity index (χ1n) is 4.94. The largest absolute Gasteiger partial charge is 0.479 e. The van der Waals surface area contributed by atoms with Gasteiger partial charge in [0.15, 0.2) is 0 Å². The lowest BCUT2D eigenvalue weighted by Crippen LogP contribution is -2.20. The summed E-state index contributed by atoms with van der Waals surface area (Å²) in [5.74, 6) is 1.14. The zero-order chi connectivity index (χ0) is 12.4. The van der Waals surface area contributed by atoms with Crippen LogP contribution in [0, 0.1) is 0 Å². The summed E-state index contributed by atoms with van der Waals surface area (Å²) < 4.78 is 11.5. The summed E-state index contributed by atoms with van der Waals surface area (Å²) in [5, 5.41) is 7.15. The molecule has 0 atom stereocenters. The molecule has 0 amide bonds. The SMILES string of the molecule is COC1=C(OC)Nc2c(CBr)cc(Br)cc2N1. The van der Waals surface area contributed by atoms with Gasteiger partial charge in [0.05, 0.1) is 25.6 Å². The first-order chi connectivity index (χ1) is 8.19. The second-order valence-corrected chi connectivity index (χ2v) is 4.91. The summed E-state index contributed by atoms with van der Waals surface area (Å²) in [4.78, 5) is 0. The molecule has 0 aliphatic carbocycles. The van der Waals surface area contributed by atoms with E-state index in [1.807, 2.05) is 12.1 Å². The fraction of sp³-hybridized carbons (Fsp3) is 0.273. The average molecular weight is 364 g/mol. The summed E-state index contributed by atoms with van der Waals surface area (Å²) in [5.41, 5.74) is 3.07. The monoisotopic (exact) mass is 362 g/mol. The Morgan fingerprint density at radius 2 is 1.76 bits per heavy atom. The lowest BCUT2D eigenvalue weighted by molar-refractivity contribution is 0.228. The van der Waals surface area contributed by atoms with Gasteiger partial charge in [-0.1, -0.05) is 31.9 Å². The maximum absolute atomic E-state index is 5.24. The minimum absolute atomic E-state index is 0.568. The second-order valence-electron chi connectivity index (χ2n) is 3.44. The van der Waals surface area contributed by atoms with Gasteiger partial charge in [-0.15, -0.1) is 0 Å². The van der Waals surface area contributed by atoms with Crippen molar-refractivity contribution in [3.05, 3.63) is 33.9 Å². The molecule has 2 N–H and O–H groups in total. The summed E-state index contributed by atoms with van der Waals surface area (Å²) in [6.45, 7) is 0. The standard InChI is InChI=1S/C11H12Br2N2O2/c1-16-10-11(17-2)15-9-6(5-12)3-7(13)4-8(9)14-10/h3-4,14-15H,5H2,1-2H3. The number of hydrogen-bond acceptors (Lipinski definition) is 4. The quantitative estimate of drug-likeness (QED) is 0.805. The summed E-state index contributed by atoms with van der Waals surface area (Å²) in [6, 6.07) is 4.04. The van der Waals surface area contributed by atoms with Crippen LogP contribution in [0.2, 0.25) is 0 Å². The van der Waals surface area contributed by atoms with E-state index in [1.54, 1.807) is 14.2 Å². The Bertz CT molecular complexity index is 475. The van der Waals surface area contributed by atoms with Gasteiger partial charge in [0.2, 0.25) is 0 Å². The van der Waals surface area contributed by atoms with Gasteiger partial charge < -0.3 is 20.1 Å². The molecule has 0 saturated heterocycles. The molecule has 4 nitrogen and oxygen atoms in total. The molecule has 1 aliphatic heterocycles. The summed E-state index contributed by atoms with van der Waals surface area (Å²) >= 11 is 6.95. The highest BCUT2D eigenvalue weighted by Crippen LogP contribution is 2.37. The van der Waals surface area contributed by atoms with Crippen LogP contribution in [-0.4, -0.2) is 14.2 Å². The average Bonchev–Trinajstić information content (AvgIpc) is 2.35. The predicted molar refractivity (Wildman–Crippen MR) is 75.1 cm³/mol. The van der Waals surface area contributed by atoms with Crippen LogP contribution >= 0.6 is 31.9 Å². The van der Waals surface area contributed by atoms with Gasteiger partial charge in [-0.05, 0) is 17.7 Å². The Hall–Kier alpha value is -0.880. The molecule has 1 aromatic rings. The van der Waals surface area contributed by atoms with Crippen LogP contribution in [0.5, 0.6) is 0 Å². The molecule has 0 fully saturated rings. The fourth-order valence-electron chi connectivity index (χ4n) is 1.65. The number of alkyl halides is 1. The van der Waals surface area contributed by atoms with Crippen LogP contribution in [-0.2, 0) is 14.8 Å². The Balaban J connectivity index is 2.47. The molecule has 1 aliphatic rings. The van der Waals surface area contributed by atoms with Gasteiger partial charge in [-0.3, -0.25) is 0 Å². The minimum Gasteiger partial charge on any atom is -0.479 e. The fourth-order valence-corrected chi connectivity index (χ4v) is 2.60. The number of benzene rings is 1. The molecule has 0 radical (unpaired) electrons. The van der Waals surface area contributed by atoms with E-state index in [-0.39, 0.29) is 0 Å². The summed E-state index contributed by atoms with van der Waals surface area (Å²) in [7, 11) is 3.19. The van der Waals surface area contributed by atoms with Gasteiger partial charge >= 0.3 is 0 Å². The first-order valence-corrected chi connectivity index (χ1v) is 6.85. The molecular weight excluding hydrogens is 352 g/mol. The number of nitrogens with one attached hydrogen (secondary N) is 2. The zero-order valence-corrected chi connectivity index (χ0v) is 12.6. The number of methoxy groups -OCH3 is 2. The van der Waals surface area contributed by atoms with Crippen molar-refractivity contribution in [1.82, 2.24) is 0 Å². The van der Waals surface area contributed by atoms with Crippen LogP contribution < -0.4 is 10.6 Å². The molecule has 0 unspecified atom stereocenters. The van der Waals surface area contributed by atoms with Gasteiger partial charge in [-0.2, -0.15) is 0 Å². The Labute approximate surface area is 117 Å². The zero-order valence-electron chi connectivity index (χ0n) is 9.43. The number of fused-ring (bicyclic) bond motifs is 1. The van der Waals surface area contributed by atoms with Crippen LogP contribution in [0.25, 0.3) is 0 Å². The highest BCUT2D eigenvalue weighted by atomic mass is 79.9. The topological polar surface area (TPSA) is 42.5 Å². The van der Waals surface area contributed by atoms with E-state index >= 15 is 0 Å². The Kier molecular flexibility index (Phi) is 3.83. The highest BCUT2D eigenvalue weighted by molar-refractivity contribution is 9.10. The molecule has 1 heterocycles. The van der Waals surface area contributed by atoms with E-state index in [2.05, 4.69) is 42.5 Å². The van der Waals surface area contributed by atoms with Crippen molar-refractivity contribution >= 4 is 43.2 Å². The van der Waals surface area contributed by atoms with E-state index in [9.17, 15) is 0 Å². The van der Waals surface area contributed by atoms with Crippen molar-refractivity contribution in [2.75, 3.05) is 24.9 Å². The van der Waals surface area contributed by atoms with Crippen molar-refractivity contribution in [2.24, 2.45) is 0 Å². The van der Waals surface area contributed by atoms with Gasteiger partial charge in [0, 0.05) is 9.80 Å². The van der Waals surface area contributed by atoms with Gasteiger partial charge in [-0.25, -0.2) is 0 Å². The second kappa shape index (κ2) is 5.18. The molecular formula is C11H12Br2N2O2. The van der Waals surface area contributed by atoms with E-state index in [0.29, 0.717) is 11.8 Å². The van der Waals surface area contributed by atoms with Crippen LogP contribution in [0.3, 0.4) is 0 Å². The van der Waals surface area contributed by atoms with Crippen LogP contribution in [0.4, 0.5) is 11.4 Å². The number of hydrogen-bond donors (Lipinski definition) is 2. The third kappa shape index (κ3) is 2.37. The van der Waals surface area contributed by atoms with Crippen LogP contribution in [0.1, 0.15) is 5.56 Å². The minimum atomic E-state index is 0.568. The summed E-state index contributed by atoms with van der Waals surface area (Å²) in [6.07, 6.45) is 0. The van der Waals surface area contributed by atoms with Crippen molar-refractivity contribution in [3.63, 3.8) is 0 Å². The number of ether oxygens (including phenoxy) is 2. The van der Waals surface area contributed by atoms with E-state index in [4.69, 9.17) is 9.47 Å². The van der Waals surface area contributed by atoms with Gasteiger partial charge in [0.1, 0.15) is 0 Å². The van der Waals surface area contributed by atoms with E-state index < -0.39 is 0 Å². The maximum atomic E-state index is 5.24. The normalized spacial score (nSPS) is 13.6. The Morgan fingerprint density at radius 1 is 1.12 bits per heavy atom. The molecule has 92 valence electrons. The Morgan fingerprint density at radius 3 is 2.35 bits per heavy atom. The van der Waals surface area contributed by atoms with Crippen molar-refractivity contribution in [2.45, 2.75) is 5.33 Å². The molecule has 6 heteroatoms. The van der Waals surface area contributed by atoms with Crippen LogP contribution in [0.15, 0.2) is 28.4 Å². The first kappa shape index (κ1) is 12.6. The molecule has 0 aromatic heterocycles. The molecule has 0 saturated carbocycles. The smallest absolute Gasteiger partial charge is 0.253 e.